The molecule has 4 nitrogen and oxygen atoms in total. The van der Waals surface area contributed by atoms with Gasteiger partial charge in [-0.3, -0.25) is 5.10 Å². The van der Waals surface area contributed by atoms with Gasteiger partial charge >= 0.3 is 0 Å². The van der Waals surface area contributed by atoms with Crippen molar-refractivity contribution in [1.82, 2.24) is 10.2 Å². The van der Waals surface area contributed by atoms with Crippen molar-refractivity contribution >= 4 is 17.6 Å². The number of rotatable bonds is 3. The van der Waals surface area contributed by atoms with Gasteiger partial charge in [-0.25, -0.2) is 5.26 Å². The molecule has 0 spiro atoms. The Labute approximate surface area is 112 Å². The second kappa shape index (κ2) is 5.35. The summed E-state index contributed by atoms with van der Waals surface area (Å²) in [5.41, 5.74) is 1.02. The lowest BCUT2D eigenvalue weighted by Crippen LogP contribution is -2.25. The van der Waals surface area contributed by atoms with Gasteiger partial charge in [-0.2, -0.15) is 5.10 Å². The van der Waals surface area contributed by atoms with E-state index in [2.05, 4.69) is 16.2 Å². The average molecular weight is 253 g/mol. The lowest BCUT2D eigenvalue weighted by atomic mass is 9.41. The van der Waals surface area contributed by atoms with Crippen LogP contribution in [0.25, 0.3) is 10.9 Å². The summed E-state index contributed by atoms with van der Waals surface area (Å²) in [6, 6.07) is 5.95. The van der Waals surface area contributed by atoms with Crippen LogP contribution in [0.4, 0.5) is 0 Å². The number of nitriles is 1. The quantitative estimate of drug-likeness (QED) is 0.855. The number of hydrogen-bond donors (Lipinski definition) is 1. The first-order chi connectivity index (χ1) is 9.35. The molecule has 1 unspecified atom stereocenters. The Kier molecular flexibility index (Phi) is 3.41. The fraction of sp³-hybridized carbons (Fsp3) is 0.429. The summed E-state index contributed by atoms with van der Waals surface area (Å²) in [5, 5.41) is 17.0. The third-order valence-electron chi connectivity index (χ3n) is 3.86. The molecule has 1 saturated heterocycles. The molecule has 2 aromatic rings. The molecule has 1 atom stereocenters. The van der Waals surface area contributed by atoms with E-state index >= 15 is 0 Å². The lowest BCUT2D eigenvalue weighted by Gasteiger charge is -2.23. The van der Waals surface area contributed by atoms with Crippen molar-refractivity contribution in [3.8, 4) is 11.7 Å². The Morgan fingerprint density at radius 2 is 2.47 bits per heavy atom. The SMILES string of the molecule is N#CB1CCCC(COc2ccc3[nH]ncc3c2)C1. The highest BCUT2D eigenvalue weighted by Gasteiger charge is 2.25. The van der Waals surface area contributed by atoms with E-state index < -0.39 is 0 Å². The van der Waals surface area contributed by atoms with E-state index in [0.717, 1.165) is 35.7 Å². The molecule has 0 radical (unpaired) electrons. The van der Waals surface area contributed by atoms with Crippen LogP contribution in [-0.4, -0.2) is 23.5 Å². The van der Waals surface area contributed by atoms with Crippen molar-refractivity contribution in [3.05, 3.63) is 24.4 Å². The maximum absolute atomic E-state index is 8.99. The zero-order valence-corrected chi connectivity index (χ0v) is 10.8. The van der Waals surface area contributed by atoms with Crippen LogP contribution in [0.3, 0.4) is 0 Å². The zero-order chi connectivity index (χ0) is 13.1. The molecular formula is C14H16BN3O. The summed E-state index contributed by atoms with van der Waals surface area (Å²) in [5.74, 6) is 3.78. The standard InChI is InChI=1S/C14H16BN3O/c16-10-15-5-1-2-11(7-15)9-19-13-3-4-14-12(6-13)8-17-18-14/h3-4,6,8,11H,1-2,5,7,9H2,(H,17,18). The first-order valence-corrected chi connectivity index (χ1v) is 6.80. The predicted octanol–water partition coefficient (Wildman–Crippen LogP) is 2.91. The monoisotopic (exact) mass is 253 g/mol. The molecule has 0 bridgehead atoms. The molecular weight excluding hydrogens is 237 g/mol. The van der Waals surface area contributed by atoms with Crippen LogP contribution in [0.5, 0.6) is 5.75 Å². The predicted molar refractivity (Wildman–Crippen MR) is 75.3 cm³/mol. The summed E-state index contributed by atoms with van der Waals surface area (Å²) >= 11 is 0. The number of nitrogens with zero attached hydrogens (tertiary/aromatic N) is 2. The van der Waals surface area contributed by atoms with Crippen LogP contribution in [0.1, 0.15) is 12.8 Å². The molecule has 5 heteroatoms. The van der Waals surface area contributed by atoms with Crippen LogP contribution < -0.4 is 4.74 Å². The van der Waals surface area contributed by atoms with Crippen molar-refractivity contribution in [3.63, 3.8) is 0 Å². The van der Waals surface area contributed by atoms with Gasteiger partial charge in [-0.05, 0) is 30.5 Å². The highest BCUT2D eigenvalue weighted by atomic mass is 16.5. The van der Waals surface area contributed by atoms with Gasteiger partial charge in [0.25, 0.3) is 6.71 Å². The number of fused-ring (bicyclic) bond motifs is 1. The van der Waals surface area contributed by atoms with E-state index in [1.54, 1.807) is 6.20 Å². The van der Waals surface area contributed by atoms with Gasteiger partial charge in [0.1, 0.15) is 5.75 Å². The summed E-state index contributed by atoms with van der Waals surface area (Å²) < 4.78 is 5.86. The average Bonchev–Trinajstić information content (AvgIpc) is 2.93. The van der Waals surface area contributed by atoms with Gasteiger partial charge in [0.15, 0.2) is 0 Å². The molecule has 19 heavy (non-hydrogen) atoms. The summed E-state index contributed by atoms with van der Waals surface area (Å²) in [4.78, 5) is 0. The van der Waals surface area contributed by atoms with Crippen LogP contribution in [0.15, 0.2) is 24.4 Å². The van der Waals surface area contributed by atoms with Crippen molar-refractivity contribution in [1.29, 1.82) is 5.26 Å². The molecule has 1 aromatic heterocycles. The van der Waals surface area contributed by atoms with E-state index in [-0.39, 0.29) is 6.71 Å². The minimum atomic E-state index is 0.221. The van der Waals surface area contributed by atoms with Gasteiger partial charge in [-0.1, -0.05) is 19.1 Å². The van der Waals surface area contributed by atoms with Crippen molar-refractivity contribution in [2.75, 3.05) is 6.61 Å². The highest BCUT2D eigenvalue weighted by Crippen LogP contribution is 2.26. The highest BCUT2D eigenvalue weighted by molar-refractivity contribution is 6.67. The third-order valence-corrected chi connectivity index (χ3v) is 3.86. The molecule has 96 valence electrons. The topological polar surface area (TPSA) is 61.7 Å². The maximum atomic E-state index is 8.99. The minimum absolute atomic E-state index is 0.221. The summed E-state index contributed by atoms with van der Waals surface area (Å²) in [6.07, 6.45) is 6.14. The molecule has 1 fully saturated rings. The Hall–Kier alpha value is -1.96. The number of aromatic nitrogens is 2. The van der Waals surface area contributed by atoms with Crippen LogP contribution in [0, 0.1) is 17.1 Å². The molecule has 3 rings (SSSR count). The third kappa shape index (κ3) is 2.73. The minimum Gasteiger partial charge on any atom is -0.493 e. The molecule has 1 aliphatic heterocycles. The Bertz CT molecular complexity index is 604. The molecule has 0 amide bonds. The van der Waals surface area contributed by atoms with E-state index in [0.29, 0.717) is 12.5 Å². The van der Waals surface area contributed by atoms with Gasteiger partial charge in [0.2, 0.25) is 0 Å². The van der Waals surface area contributed by atoms with E-state index in [1.165, 1.54) is 6.42 Å². The Morgan fingerprint density at radius 1 is 1.53 bits per heavy atom. The fourth-order valence-corrected chi connectivity index (χ4v) is 2.78. The van der Waals surface area contributed by atoms with E-state index in [9.17, 15) is 0 Å². The Balaban J connectivity index is 1.60. The zero-order valence-electron chi connectivity index (χ0n) is 10.8. The number of benzene rings is 1. The van der Waals surface area contributed by atoms with Gasteiger partial charge in [-0.15, -0.1) is 0 Å². The van der Waals surface area contributed by atoms with E-state index in [4.69, 9.17) is 10.00 Å². The summed E-state index contributed by atoms with van der Waals surface area (Å²) in [6.45, 7) is 0.931. The number of aromatic amines is 1. The van der Waals surface area contributed by atoms with Crippen LogP contribution in [0.2, 0.25) is 12.6 Å². The first-order valence-electron chi connectivity index (χ1n) is 6.80. The van der Waals surface area contributed by atoms with Crippen LogP contribution >= 0.6 is 0 Å². The number of ether oxygens (including phenoxy) is 1. The first kappa shape index (κ1) is 12.1. The normalized spacial score (nSPS) is 19.3. The fourth-order valence-electron chi connectivity index (χ4n) is 2.78. The molecule has 1 aromatic carbocycles. The molecule has 1 N–H and O–H groups in total. The lowest BCUT2D eigenvalue weighted by molar-refractivity contribution is 0.247. The molecule has 2 heterocycles. The second-order valence-corrected chi connectivity index (χ2v) is 5.29. The van der Waals surface area contributed by atoms with Gasteiger partial charge in [0, 0.05) is 11.4 Å². The molecule has 0 aliphatic carbocycles. The van der Waals surface area contributed by atoms with E-state index in [1.807, 2.05) is 18.2 Å². The van der Waals surface area contributed by atoms with Crippen molar-refractivity contribution in [2.45, 2.75) is 25.5 Å². The number of nitrogens with one attached hydrogen (secondary N) is 1. The number of hydrogen-bond acceptors (Lipinski definition) is 3. The molecule has 1 aliphatic rings. The van der Waals surface area contributed by atoms with Gasteiger partial charge < -0.3 is 4.74 Å². The maximum Gasteiger partial charge on any atom is 0.268 e. The Morgan fingerprint density at radius 3 is 3.37 bits per heavy atom. The number of H-pyrrole nitrogens is 1. The smallest absolute Gasteiger partial charge is 0.268 e. The van der Waals surface area contributed by atoms with Gasteiger partial charge in [0.05, 0.1) is 18.3 Å². The molecule has 0 saturated carbocycles. The van der Waals surface area contributed by atoms with Crippen molar-refractivity contribution in [2.24, 2.45) is 5.92 Å². The van der Waals surface area contributed by atoms with Crippen molar-refractivity contribution < 1.29 is 4.74 Å². The second-order valence-electron chi connectivity index (χ2n) is 5.29. The largest absolute Gasteiger partial charge is 0.493 e. The van der Waals surface area contributed by atoms with Crippen LogP contribution in [-0.2, 0) is 0 Å². The summed E-state index contributed by atoms with van der Waals surface area (Å²) in [7, 11) is 0.